The van der Waals surface area contributed by atoms with E-state index in [2.05, 4.69) is 5.32 Å². The average molecular weight is 424 g/mol. The Morgan fingerprint density at radius 1 is 1.20 bits per heavy atom. The van der Waals surface area contributed by atoms with E-state index in [9.17, 15) is 28.3 Å². The smallest absolute Gasteiger partial charge is 0.407 e. The third-order valence-electron chi connectivity index (χ3n) is 5.74. The van der Waals surface area contributed by atoms with Gasteiger partial charge in [-0.1, -0.05) is 20.8 Å². The minimum atomic E-state index is -1.07. The molecule has 2 saturated heterocycles. The van der Waals surface area contributed by atoms with Crippen LogP contribution in [0.15, 0.2) is 12.1 Å². The van der Waals surface area contributed by atoms with Crippen molar-refractivity contribution in [3.63, 3.8) is 0 Å². The third-order valence-corrected chi connectivity index (χ3v) is 5.74. The first kappa shape index (κ1) is 22.0. The highest BCUT2D eigenvalue weighted by Crippen LogP contribution is 2.35. The van der Waals surface area contributed by atoms with Crippen LogP contribution in [0.5, 0.6) is 5.75 Å². The molecule has 2 N–H and O–H groups in total. The molecule has 3 atom stereocenters. The molecule has 0 saturated carbocycles. The maximum absolute atomic E-state index is 14.7. The van der Waals surface area contributed by atoms with E-state index in [1.807, 2.05) is 20.8 Å². The maximum atomic E-state index is 14.7. The number of ether oxygens (including phenoxy) is 1. The summed E-state index contributed by atoms with van der Waals surface area (Å²) in [6.45, 7) is 6.07. The topological polar surface area (TPSA) is 95.9 Å². The van der Waals surface area contributed by atoms with Gasteiger partial charge in [0.25, 0.3) is 0 Å². The van der Waals surface area contributed by atoms with Crippen molar-refractivity contribution in [1.82, 2.24) is 10.2 Å². The molecule has 3 amide bonds. The minimum absolute atomic E-state index is 0.0116. The molecule has 0 spiro atoms. The second-order valence-electron chi connectivity index (χ2n) is 8.93. The number of imide groups is 1. The highest BCUT2D eigenvalue weighted by Gasteiger charge is 2.40. The molecular formula is C21H26F2N2O5. The Balaban J connectivity index is 1.77. The van der Waals surface area contributed by atoms with E-state index < -0.39 is 41.6 Å². The van der Waals surface area contributed by atoms with Crippen molar-refractivity contribution >= 4 is 17.9 Å². The quantitative estimate of drug-likeness (QED) is 0.725. The molecule has 3 rings (SSSR count). The molecule has 9 heteroatoms. The summed E-state index contributed by atoms with van der Waals surface area (Å²) in [6, 6.07) is 1.78. The number of amides is 3. The van der Waals surface area contributed by atoms with Gasteiger partial charge in [-0.05, 0) is 11.8 Å². The van der Waals surface area contributed by atoms with Crippen LogP contribution >= 0.6 is 0 Å². The fourth-order valence-corrected chi connectivity index (χ4v) is 4.21. The van der Waals surface area contributed by atoms with Crippen molar-refractivity contribution in [2.45, 2.75) is 64.5 Å². The molecule has 2 heterocycles. The number of piperidine rings is 2. The largest absolute Gasteiger partial charge is 0.490 e. The van der Waals surface area contributed by atoms with Gasteiger partial charge < -0.3 is 14.7 Å². The van der Waals surface area contributed by atoms with Gasteiger partial charge >= 0.3 is 6.09 Å². The monoisotopic (exact) mass is 424 g/mol. The summed E-state index contributed by atoms with van der Waals surface area (Å²) in [5.41, 5.74) is -0.701. The summed E-state index contributed by atoms with van der Waals surface area (Å²) >= 11 is 0. The fraction of sp³-hybridized carbons (Fsp3) is 0.571. The number of benzene rings is 1. The van der Waals surface area contributed by atoms with Gasteiger partial charge in [-0.2, -0.15) is 0 Å². The van der Waals surface area contributed by atoms with Gasteiger partial charge in [0.05, 0.1) is 5.92 Å². The van der Waals surface area contributed by atoms with Gasteiger partial charge in [-0.25, -0.2) is 13.6 Å². The lowest BCUT2D eigenvalue weighted by Crippen LogP contribution is -2.53. The highest BCUT2D eigenvalue weighted by molar-refractivity contribution is 6.01. The summed E-state index contributed by atoms with van der Waals surface area (Å²) in [6.07, 6.45) is -0.543. The maximum Gasteiger partial charge on any atom is 0.407 e. The molecule has 1 aromatic rings. The van der Waals surface area contributed by atoms with Crippen LogP contribution in [0, 0.1) is 17.0 Å². The molecule has 2 unspecified atom stereocenters. The highest BCUT2D eigenvalue weighted by atomic mass is 19.1. The molecule has 7 nitrogen and oxygen atoms in total. The Kier molecular flexibility index (Phi) is 6.01. The summed E-state index contributed by atoms with van der Waals surface area (Å²) in [4.78, 5) is 36.2. The van der Waals surface area contributed by atoms with Gasteiger partial charge in [0.15, 0.2) is 0 Å². The van der Waals surface area contributed by atoms with Crippen LogP contribution < -0.4 is 10.1 Å². The van der Waals surface area contributed by atoms with E-state index >= 15 is 0 Å². The SMILES string of the molecule is CC(C)(C)[C@H]1CC(Oc2cc(F)c(C3CCC(=O)NC3=O)c(F)c2)CCN1C(=O)O. The van der Waals surface area contributed by atoms with Gasteiger partial charge in [-0.3, -0.25) is 14.9 Å². The molecule has 164 valence electrons. The number of hydrogen-bond donors (Lipinski definition) is 2. The first-order chi connectivity index (χ1) is 14.0. The van der Waals surface area contributed by atoms with Crippen molar-refractivity contribution < 1.29 is 33.0 Å². The number of halogens is 2. The van der Waals surface area contributed by atoms with Crippen LogP contribution in [0.3, 0.4) is 0 Å². The lowest BCUT2D eigenvalue weighted by Gasteiger charge is -2.44. The first-order valence-corrected chi connectivity index (χ1v) is 9.96. The number of carbonyl (C=O) groups is 3. The molecule has 0 aliphatic carbocycles. The summed E-state index contributed by atoms with van der Waals surface area (Å²) in [5.74, 6) is -4.07. The van der Waals surface area contributed by atoms with Crippen LogP contribution in [-0.4, -0.2) is 46.6 Å². The van der Waals surface area contributed by atoms with Crippen molar-refractivity contribution in [2.75, 3.05) is 6.54 Å². The number of nitrogens with one attached hydrogen (secondary N) is 1. The Labute approximate surface area is 173 Å². The number of hydrogen-bond acceptors (Lipinski definition) is 4. The van der Waals surface area contributed by atoms with Crippen LogP contribution in [-0.2, 0) is 9.59 Å². The predicted molar refractivity (Wildman–Crippen MR) is 103 cm³/mol. The summed E-state index contributed by atoms with van der Waals surface area (Å²) in [5, 5.41) is 11.5. The Morgan fingerprint density at radius 2 is 1.83 bits per heavy atom. The van der Waals surface area contributed by atoms with Gasteiger partial charge in [0, 0.05) is 49.5 Å². The fourth-order valence-electron chi connectivity index (χ4n) is 4.21. The molecule has 0 aromatic heterocycles. The van der Waals surface area contributed by atoms with Crippen molar-refractivity contribution in [3.8, 4) is 5.75 Å². The lowest BCUT2D eigenvalue weighted by atomic mass is 9.80. The molecule has 1 aromatic carbocycles. The number of likely N-dealkylation sites (tertiary alicyclic amines) is 1. The zero-order valence-corrected chi connectivity index (χ0v) is 17.2. The summed E-state index contributed by atoms with van der Waals surface area (Å²) in [7, 11) is 0. The Morgan fingerprint density at radius 3 is 2.37 bits per heavy atom. The molecule has 0 bridgehead atoms. The summed E-state index contributed by atoms with van der Waals surface area (Å²) < 4.78 is 35.2. The van der Waals surface area contributed by atoms with Crippen LogP contribution in [0.1, 0.15) is 57.9 Å². The van der Waals surface area contributed by atoms with E-state index in [1.54, 1.807) is 0 Å². The van der Waals surface area contributed by atoms with Crippen molar-refractivity contribution in [2.24, 2.45) is 5.41 Å². The van der Waals surface area contributed by atoms with Crippen molar-refractivity contribution in [1.29, 1.82) is 0 Å². The average Bonchev–Trinajstić information content (AvgIpc) is 2.62. The molecule has 0 radical (unpaired) electrons. The number of carboxylic acid groups (broad SMARTS) is 1. The minimum Gasteiger partial charge on any atom is -0.490 e. The zero-order chi connectivity index (χ0) is 22.2. The Hall–Kier alpha value is -2.71. The second kappa shape index (κ2) is 8.20. The van der Waals surface area contributed by atoms with Crippen molar-refractivity contribution in [3.05, 3.63) is 29.3 Å². The molecule has 2 aliphatic rings. The second-order valence-corrected chi connectivity index (χ2v) is 8.93. The number of carbonyl (C=O) groups excluding carboxylic acids is 2. The zero-order valence-electron chi connectivity index (χ0n) is 17.2. The van der Waals surface area contributed by atoms with Gasteiger partial charge in [-0.15, -0.1) is 0 Å². The molecule has 2 aliphatic heterocycles. The van der Waals surface area contributed by atoms with Crippen LogP contribution in [0.25, 0.3) is 0 Å². The number of rotatable bonds is 3. The molecule has 2 fully saturated rings. The van der Waals surface area contributed by atoms with Crippen LogP contribution in [0.4, 0.5) is 13.6 Å². The molecule has 30 heavy (non-hydrogen) atoms. The Bertz CT molecular complexity index is 844. The van der Waals surface area contributed by atoms with Gasteiger partial charge in [0.1, 0.15) is 23.5 Å². The predicted octanol–water partition coefficient (Wildman–Crippen LogP) is 3.42. The van der Waals surface area contributed by atoms with E-state index in [1.165, 1.54) is 4.90 Å². The van der Waals surface area contributed by atoms with E-state index in [0.717, 1.165) is 12.1 Å². The molecular weight excluding hydrogens is 398 g/mol. The van der Waals surface area contributed by atoms with E-state index in [4.69, 9.17) is 4.74 Å². The number of nitrogens with zero attached hydrogens (tertiary/aromatic N) is 1. The lowest BCUT2D eigenvalue weighted by molar-refractivity contribution is -0.134. The normalized spacial score (nSPS) is 25.1. The third kappa shape index (κ3) is 4.55. The van der Waals surface area contributed by atoms with E-state index in [-0.39, 0.29) is 42.2 Å². The van der Waals surface area contributed by atoms with Gasteiger partial charge in [0.2, 0.25) is 11.8 Å². The standard InChI is InChI=1S/C21H26F2N2O5/c1-21(2,3)16-10-11(6-7-25(16)20(28)29)30-12-8-14(22)18(15(23)9-12)13-4-5-17(26)24-19(13)27/h8-9,11,13,16H,4-7,10H2,1-3H3,(H,28,29)(H,24,26,27)/t11?,13?,16-/m1/s1. The van der Waals surface area contributed by atoms with E-state index in [0.29, 0.717) is 12.8 Å². The van der Waals surface area contributed by atoms with Crippen LogP contribution in [0.2, 0.25) is 0 Å². The first-order valence-electron chi connectivity index (χ1n) is 9.96.